The van der Waals surface area contributed by atoms with Crippen LogP contribution < -0.4 is 0 Å². The van der Waals surface area contributed by atoms with Crippen LogP contribution in [0.1, 0.15) is 42.6 Å². The highest BCUT2D eigenvalue weighted by Crippen LogP contribution is 2.35. The molecule has 1 aliphatic rings. The molecule has 3 aromatic rings. The lowest BCUT2D eigenvalue weighted by Crippen LogP contribution is -2.43. The number of pyridine rings is 1. The summed E-state index contributed by atoms with van der Waals surface area (Å²) in [5.74, 6) is -1.51. The lowest BCUT2D eigenvalue weighted by Gasteiger charge is -2.37. The van der Waals surface area contributed by atoms with Crippen LogP contribution in [-0.4, -0.2) is 38.8 Å². The SMILES string of the molecule is CC.N#CC1(Cc2cc(F)cc(F)c2)CCN(C(=O)c2cccnc2-c2ccncn2)CC1. The zero-order chi connectivity index (χ0) is 23.8. The van der Waals surface area contributed by atoms with Gasteiger partial charge in [-0.05, 0) is 55.2 Å². The van der Waals surface area contributed by atoms with E-state index >= 15 is 0 Å². The second-order valence-corrected chi connectivity index (χ2v) is 7.63. The Morgan fingerprint density at radius 3 is 2.39 bits per heavy atom. The van der Waals surface area contributed by atoms with Crippen LogP contribution in [0.2, 0.25) is 0 Å². The van der Waals surface area contributed by atoms with Crippen LogP contribution in [0.15, 0.2) is 55.1 Å². The molecule has 0 saturated carbocycles. The van der Waals surface area contributed by atoms with Crippen molar-refractivity contribution in [3.63, 3.8) is 0 Å². The molecule has 0 N–H and O–H groups in total. The molecule has 1 aliphatic heterocycles. The maximum Gasteiger partial charge on any atom is 0.256 e. The third kappa shape index (κ3) is 5.55. The Hall–Kier alpha value is -3.73. The van der Waals surface area contributed by atoms with Crippen molar-refractivity contribution in [3.05, 3.63) is 77.9 Å². The summed E-state index contributed by atoms with van der Waals surface area (Å²) in [4.78, 5) is 27.3. The summed E-state index contributed by atoms with van der Waals surface area (Å²) in [6.45, 7) is 4.73. The number of amides is 1. The van der Waals surface area contributed by atoms with E-state index in [0.717, 1.165) is 6.07 Å². The van der Waals surface area contributed by atoms with Gasteiger partial charge in [-0.15, -0.1) is 0 Å². The van der Waals surface area contributed by atoms with Gasteiger partial charge in [-0.1, -0.05) is 13.8 Å². The minimum atomic E-state index is -0.776. The van der Waals surface area contributed by atoms with Crippen molar-refractivity contribution in [2.75, 3.05) is 13.1 Å². The molecule has 0 unspecified atom stereocenters. The topological polar surface area (TPSA) is 82.8 Å². The minimum absolute atomic E-state index is 0.190. The zero-order valence-electron chi connectivity index (χ0n) is 18.6. The smallest absolute Gasteiger partial charge is 0.256 e. The van der Waals surface area contributed by atoms with Crippen LogP contribution in [0.3, 0.4) is 0 Å². The van der Waals surface area contributed by atoms with Gasteiger partial charge in [0.2, 0.25) is 0 Å². The first-order valence-corrected chi connectivity index (χ1v) is 10.9. The quantitative estimate of drug-likeness (QED) is 0.570. The van der Waals surface area contributed by atoms with Crippen LogP contribution in [0.4, 0.5) is 8.78 Å². The molecule has 0 aliphatic carbocycles. The lowest BCUT2D eigenvalue weighted by atomic mass is 9.75. The summed E-state index contributed by atoms with van der Waals surface area (Å²) in [5.41, 5.74) is 1.12. The average Bonchev–Trinajstić information content (AvgIpc) is 2.85. The normalized spacial score (nSPS) is 14.6. The van der Waals surface area contributed by atoms with E-state index < -0.39 is 17.0 Å². The van der Waals surface area contributed by atoms with E-state index in [0.29, 0.717) is 48.4 Å². The number of aromatic nitrogens is 3. The molecular weight excluding hydrogens is 424 g/mol. The van der Waals surface area contributed by atoms with E-state index in [1.54, 1.807) is 35.5 Å². The van der Waals surface area contributed by atoms with Crippen LogP contribution in [-0.2, 0) is 6.42 Å². The van der Waals surface area contributed by atoms with Gasteiger partial charge in [-0.3, -0.25) is 9.78 Å². The first-order chi connectivity index (χ1) is 16.0. The third-order valence-electron chi connectivity index (χ3n) is 5.57. The zero-order valence-corrected chi connectivity index (χ0v) is 18.6. The Morgan fingerprint density at radius 1 is 1.09 bits per heavy atom. The minimum Gasteiger partial charge on any atom is -0.338 e. The van der Waals surface area contributed by atoms with E-state index in [4.69, 9.17) is 0 Å². The van der Waals surface area contributed by atoms with E-state index in [1.807, 2.05) is 13.8 Å². The molecule has 2 aromatic heterocycles. The second-order valence-electron chi connectivity index (χ2n) is 7.63. The van der Waals surface area contributed by atoms with Gasteiger partial charge < -0.3 is 4.90 Å². The van der Waals surface area contributed by atoms with E-state index in [-0.39, 0.29) is 12.3 Å². The third-order valence-corrected chi connectivity index (χ3v) is 5.57. The highest BCUT2D eigenvalue weighted by molar-refractivity contribution is 5.99. The molecule has 0 atom stereocenters. The molecule has 1 fully saturated rings. The van der Waals surface area contributed by atoms with Gasteiger partial charge in [0, 0.05) is 31.5 Å². The second kappa shape index (κ2) is 10.7. The van der Waals surface area contributed by atoms with E-state index in [1.165, 1.54) is 18.5 Å². The van der Waals surface area contributed by atoms with Crippen molar-refractivity contribution in [2.24, 2.45) is 5.41 Å². The number of nitrogens with zero attached hydrogens (tertiary/aromatic N) is 5. The number of halogens is 2. The average molecular weight is 450 g/mol. The van der Waals surface area contributed by atoms with Crippen molar-refractivity contribution >= 4 is 5.91 Å². The van der Waals surface area contributed by atoms with Crippen molar-refractivity contribution in [3.8, 4) is 17.5 Å². The summed E-state index contributed by atoms with van der Waals surface area (Å²) in [6, 6.07) is 10.7. The number of hydrogen-bond acceptors (Lipinski definition) is 5. The standard InChI is InChI=1S/C23H19F2N5O.C2H6/c24-17-10-16(11-18(25)12-17)13-23(14-26)4-8-30(9-5-23)22(31)19-2-1-6-28-21(19)20-3-7-27-15-29-20;1-2/h1-3,6-7,10-12,15H,4-5,8-9,13H2;1-2H3. The predicted molar refractivity (Wildman–Crippen MR) is 120 cm³/mol. The van der Waals surface area contributed by atoms with Crippen LogP contribution in [0, 0.1) is 28.4 Å². The van der Waals surface area contributed by atoms with Gasteiger partial charge in [0.15, 0.2) is 0 Å². The number of carbonyl (C=O) groups excluding carboxylic acids is 1. The summed E-state index contributed by atoms with van der Waals surface area (Å²) in [5, 5.41) is 9.81. The van der Waals surface area contributed by atoms with E-state index in [9.17, 15) is 18.8 Å². The molecular formula is C25H25F2N5O. The number of nitriles is 1. The highest BCUT2D eigenvalue weighted by Gasteiger charge is 2.37. The molecule has 6 nitrogen and oxygen atoms in total. The Kier molecular flexibility index (Phi) is 7.78. The fourth-order valence-electron chi connectivity index (χ4n) is 3.95. The van der Waals surface area contributed by atoms with Gasteiger partial charge in [-0.2, -0.15) is 5.26 Å². The Bertz CT molecular complexity index is 1120. The Labute approximate surface area is 191 Å². The largest absolute Gasteiger partial charge is 0.338 e. The summed E-state index contributed by atoms with van der Waals surface area (Å²) < 4.78 is 27.1. The highest BCUT2D eigenvalue weighted by atomic mass is 19.1. The molecule has 1 saturated heterocycles. The monoisotopic (exact) mass is 449 g/mol. The fourth-order valence-corrected chi connectivity index (χ4v) is 3.95. The lowest BCUT2D eigenvalue weighted by molar-refractivity contribution is 0.0647. The van der Waals surface area contributed by atoms with Crippen molar-refractivity contribution in [2.45, 2.75) is 33.1 Å². The predicted octanol–water partition coefficient (Wildman–Crippen LogP) is 4.83. The molecule has 1 amide bonds. The van der Waals surface area contributed by atoms with Gasteiger partial charge in [0.1, 0.15) is 23.7 Å². The molecule has 4 rings (SSSR count). The van der Waals surface area contributed by atoms with Crippen LogP contribution in [0.5, 0.6) is 0 Å². The van der Waals surface area contributed by atoms with Gasteiger partial charge in [-0.25, -0.2) is 18.7 Å². The van der Waals surface area contributed by atoms with Gasteiger partial charge in [0.05, 0.1) is 22.7 Å². The number of rotatable bonds is 4. The fraction of sp³-hybridized carbons (Fsp3) is 0.320. The number of carbonyl (C=O) groups is 1. The van der Waals surface area contributed by atoms with E-state index in [2.05, 4.69) is 21.0 Å². The Morgan fingerprint density at radius 2 is 1.79 bits per heavy atom. The van der Waals surface area contributed by atoms with Crippen molar-refractivity contribution < 1.29 is 13.6 Å². The molecule has 1 aromatic carbocycles. The number of benzene rings is 1. The molecule has 33 heavy (non-hydrogen) atoms. The van der Waals surface area contributed by atoms with Crippen LogP contribution in [0.25, 0.3) is 11.4 Å². The summed E-state index contributed by atoms with van der Waals surface area (Å²) in [6.07, 6.45) is 5.65. The molecule has 0 radical (unpaired) electrons. The first kappa shape index (κ1) is 23.9. The maximum atomic E-state index is 13.6. The molecule has 8 heteroatoms. The molecule has 3 heterocycles. The summed E-state index contributed by atoms with van der Waals surface area (Å²) >= 11 is 0. The number of piperidine rings is 1. The molecule has 0 spiro atoms. The van der Waals surface area contributed by atoms with Gasteiger partial charge in [0.25, 0.3) is 5.91 Å². The Balaban J connectivity index is 0.00000149. The first-order valence-electron chi connectivity index (χ1n) is 10.9. The molecule has 170 valence electrons. The van der Waals surface area contributed by atoms with Gasteiger partial charge >= 0.3 is 0 Å². The number of likely N-dealkylation sites (tertiary alicyclic amines) is 1. The summed E-state index contributed by atoms with van der Waals surface area (Å²) in [7, 11) is 0. The number of hydrogen-bond donors (Lipinski definition) is 0. The van der Waals surface area contributed by atoms with Crippen molar-refractivity contribution in [1.82, 2.24) is 19.9 Å². The molecule has 0 bridgehead atoms. The maximum absolute atomic E-state index is 13.6. The van der Waals surface area contributed by atoms with Crippen LogP contribution >= 0.6 is 0 Å². The van der Waals surface area contributed by atoms with Crippen molar-refractivity contribution in [1.29, 1.82) is 5.26 Å².